The number of rotatable bonds is 19. The molecule has 0 aromatic heterocycles. The van der Waals surface area contributed by atoms with Gasteiger partial charge in [-0.1, -0.05) is 155 Å². The van der Waals surface area contributed by atoms with Gasteiger partial charge < -0.3 is 47.0 Å². The Hall–Kier alpha value is -2.15. The van der Waals surface area contributed by atoms with E-state index in [0.717, 1.165) is 23.9 Å². The molecule has 5 nitrogen and oxygen atoms in total. The largest absolute Gasteiger partial charge is 1.00 e. The van der Waals surface area contributed by atoms with Gasteiger partial charge in [-0.3, -0.25) is 0 Å². The molecule has 0 saturated carbocycles. The lowest BCUT2D eigenvalue weighted by Gasteiger charge is -2.47. The first kappa shape index (κ1) is 56.4. The highest BCUT2D eigenvalue weighted by Gasteiger charge is 2.50. The van der Waals surface area contributed by atoms with E-state index < -0.39 is 30.2 Å². The van der Waals surface area contributed by atoms with Crippen LogP contribution in [0.2, 0.25) is 36.3 Å². The Morgan fingerprint density at radius 2 is 1.12 bits per heavy atom. The highest BCUT2D eigenvalue weighted by molar-refractivity contribution is 7.95. The van der Waals surface area contributed by atoms with E-state index in [1.807, 2.05) is 12.1 Å². The van der Waals surface area contributed by atoms with Gasteiger partial charge in [0.2, 0.25) is 0 Å². The van der Waals surface area contributed by atoms with Crippen molar-refractivity contribution in [3.8, 4) is 5.75 Å². The molecule has 0 unspecified atom stereocenters. The van der Waals surface area contributed by atoms with Crippen LogP contribution >= 0.6 is 7.26 Å². The van der Waals surface area contributed by atoms with Crippen molar-refractivity contribution in [3.05, 3.63) is 132 Å². The number of ether oxygens (including phenoxy) is 3. The van der Waals surface area contributed by atoms with Gasteiger partial charge >= 0.3 is 0 Å². The zero-order valence-corrected chi connectivity index (χ0v) is 48.8. The van der Waals surface area contributed by atoms with E-state index in [0.29, 0.717) is 6.61 Å². The van der Waals surface area contributed by atoms with Crippen LogP contribution in [-0.4, -0.2) is 54.8 Å². The maximum atomic E-state index is 7.68. The molecular formula is C57H86IO5PSi2. The average Bonchev–Trinajstić information content (AvgIpc) is 3.26. The molecule has 364 valence electrons. The molecule has 9 atom stereocenters. The molecule has 0 bridgehead atoms. The lowest BCUT2D eigenvalue weighted by Crippen LogP contribution is -3.00. The second kappa shape index (κ2) is 23.6. The Morgan fingerprint density at radius 1 is 0.682 bits per heavy atom. The molecule has 4 aromatic rings. The topological polar surface area (TPSA) is 46.2 Å². The van der Waals surface area contributed by atoms with E-state index in [-0.39, 0.29) is 82.0 Å². The number of halogens is 1. The standard InChI is InChI=1S/C57H86O5PSi2.HI/c1-41(38-43(3)54(62-65(16,17)57(10,11)12)46(6)53-44(4)39-59-55(60-53)47-33-35-48(58-13)36-34-47)37-42(2)52(61-64(14,15)56(7,8)9)45(5)40-63(49-27-21-18-22-28-49,50-29-23-19-24-30-50)51-31-25-20-26-32-51;/h18-37,42-46,52-55H,38-40H2,1-17H3;1H/q+1;/p-1/b41-37-;/t42-,43-,44-,45-,46+,52+,53-,54+,55-;/m1./s1. The van der Waals surface area contributed by atoms with Crippen LogP contribution in [0, 0.1) is 29.6 Å². The first-order valence-corrected chi connectivity index (χ1v) is 32.2. The van der Waals surface area contributed by atoms with Gasteiger partial charge in [0.25, 0.3) is 0 Å². The number of benzene rings is 4. The molecule has 0 spiro atoms. The van der Waals surface area contributed by atoms with Crippen LogP contribution in [0.5, 0.6) is 5.75 Å². The molecule has 0 amide bonds. The summed E-state index contributed by atoms with van der Waals surface area (Å²) in [5.41, 5.74) is 2.40. The summed E-state index contributed by atoms with van der Waals surface area (Å²) >= 11 is 0. The summed E-state index contributed by atoms with van der Waals surface area (Å²) < 4.78 is 33.9. The predicted octanol–water partition coefficient (Wildman–Crippen LogP) is 11.4. The molecule has 1 heterocycles. The Bertz CT molecular complexity index is 1990. The Morgan fingerprint density at radius 3 is 1.55 bits per heavy atom. The van der Waals surface area contributed by atoms with Crippen LogP contribution in [0.1, 0.15) is 101 Å². The fraction of sp³-hybridized carbons (Fsp3) is 0.544. The molecule has 1 fully saturated rings. The summed E-state index contributed by atoms with van der Waals surface area (Å²) in [5.74, 6) is 1.90. The Balaban J connectivity index is 0.00000952. The molecular weight excluding hydrogens is 979 g/mol. The van der Waals surface area contributed by atoms with E-state index in [4.69, 9.17) is 23.1 Å². The average molecular weight is 1070 g/mol. The third kappa shape index (κ3) is 13.6. The second-order valence-corrected chi connectivity index (χ2v) is 35.6. The molecule has 1 aliphatic heterocycles. The van der Waals surface area contributed by atoms with Gasteiger partial charge in [0.15, 0.2) is 22.9 Å². The summed E-state index contributed by atoms with van der Waals surface area (Å²) in [7, 11) is -4.76. The first-order chi connectivity index (χ1) is 30.4. The van der Waals surface area contributed by atoms with Crippen molar-refractivity contribution in [3.63, 3.8) is 0 Å². The number of methoxy groups -OCH3 is 1. The van der Waals surface area contributed by atoms with Crippen molar-refractivity contribution in [2.75, 3.05) is 19.9 Å². The van der Waals surface area contributed by atoms with Crippen molar-refractivity contribution in [1.29, 1.82) is 0 Å². The fourth-order valence-electron chi connectivity index (χ4n) is 9.51. The van der Waals surface area contributed by atoms with Crippen molar-refractivity contribution in [2.24, 2.45) is 29.6 Å². The van der Waals surface area contributed by atoms with Gasteiger partial charge in [-0.25, -0.2) is 0 Å². The highest BCUT2D eigenvalue weighted by Crippen LogP contribution is 2.58. The Labute approximate surface area is 422 Å². The number of hydrogen-bond acceptors (Lipinski definition) is 5. The van der Waals surface area contributed by atoms with E-state index in [9.17, 15) is 0 Å². The molecule has 9 heteroatoms. The highest BCUT2D eigenvalue weighted by atomic mass is 127. The minimum Gasteiger partial charge on any atom is -1.00 e. The van der Waals surface area contributed by atoms with E-state index in [1.165, 1.54) is 21.5 Å². The maximum absolute atomic E-state index is 7.68. The lowest BCUT2D eigenvalue weighted by molar-refractivity contribution is -0.256. The van der Waals surface area contributed by atoms with Gasteiger partial charge in [-0.2, -0.15) is 0 Å². The predicted molar refractivity (Wildman–Crippen MR) is 285 cm³/mol. The van der Waals surface area contributed by atoms with Crippen LogP contribution in [-0.2, 0) is 18.3 Å². The van der Waals surface area contributed by atoms with Crippen LogP contribution in [0.3, 0.4) is 0 Å². The minimum absolute atomic E-state index is 0. The molecule has 4 aromatic carbocycles. The zero-order chi connectivity index (χ0) is 48.0. The molecule has 1 saturated heterocycles. The molecule has 5 rings (SSSR count). The van der Waals surface area contributed by atoms with Crippen molar-refractivity contribution in [2.45, 2.75) is 150 Å². The molecule has 1 aliphatic rings. The van der Waals surface area contributed by atoms with Crippen LogP contribution < -0.4 is 44.6 Å². The van der Waals surface area contributed by atoms with E-state index >= 15 is 0 Å². The normalized spacial score (nSPS) is 20.6. The number of allylic oxidation sites excluding steroid dienone is 1. The van der Waals surface area contributed by atoms with Crippen molar-refractivity contribution < 1.29 is 47.0 Å². The summed E-state index contributed by atoms with van der Waals surface area (Å²) in [4.78, 5) is 0. The van der Waals surface area contributed by atoms with Crippen molar-refractivity contribution >= 4 is 39.8 Å². The SMILES string of the molecule is COc1ccc([C@@H]2OC[C@@H](C)[C@H]([C@H](C)[C@@H](O[Si](C)(C)C(C)(C)C)[C@H](C)C/C(C)=C\[C@@H](C)[C@H](O[Si](C)(C)C(C)(C)C)[C@H](C)C[P+](c3ccccc3)(c3ccccc3)c3ccccc3)O2)cc1.[I-]. The lowest BCUT2D eigenvalue weighted by atomic mass is 9.81. The first-order valence-electron chi connectivity index (χ1n) is 24.4. The fourth-order valence-corrected chi connectivity index (χ4v) is 17.1. The van der Waals surface area contributed by atoms with E-state index in [2.05, 4.69) is 218 Å². The van der Waals surface area contributed by atoms with Gasteiger partial charge in [-0.15, -0.1) is 0 Å². The van der Waals surface area contributed by atoms with Crippen LogP contribution in [0.4, 0.5) is 0 Å². The third-order valence-electron chi connectivity index (χ3n) is 15.2. The smallest absolute Gasteiger partial charge is 0.192 e. The summed E-state index contributed by atoms with van der Waals surface area (Å²) in [6.07, 6.45) is 4.08. The maximum Gasteiger partial charge on any atom is 0.192 e. The van der Waals surface area contributed by atoms with Crippen LogP contribution in [0.15, 0.2) is 127 Å². The molecule has 0 radical (unpaired) electrons. The summed E-state index contributed by atoms with van der Waals surface area (Å²) in [6, 6.07) is 42.1. The van der Waals surface area contributed by atoms with Crippen LogP contribution in [0.25, 0.3) is 0 Å². The van der Waals surface area contributed by atoms with Gasteiger partial charge in [0.1, 0.15) is 28.9 Å². The third-order valence-corrected chi connectivity index (χ3v) is 28.8. The van der Waals surface area contributed by atoms with Gasteiger partial charge in [-0.05, 0) is 110 Å². The molecule has 0 aliphatic carbocycles. The number of hydrogen-bond donors (Lipinski definition) is 0. The van der Waals surface area contributed by atoms with Gasteiger partial charge in [0, 0.05) is 23.3 Å². The molecule has 0 N–H and O–H groups in total. The van der Waals surface area contributed by atoms with Gasteiger partial charge in [0.05, 0.1) is 38.2 Å². The quantitative estimate of drug-likeness (QED) is 0.0405. The molecule has 66 heavy (non-hydrogen) atoms. The van der Waals surface area contributed by atoms with Crippen molar-refractivity contribution in [1.82, 2.24) is 0 Å². The Kier molecular flexibility index (Phi) is 20.2. The second-order valence-electron chi connectivity index (χ2n) is 22.6. The monoisotopic (exact) mass is 1060 g/mol. The summed E-state index contributed by atoms with van der Waals surface area (Å²) in [6.45, 7) is 38.7. The minimum atomic E-state index is -2.19. The van der Waals surface area contributed by atoms with E-state index in [1.54, 1.807) is 7.11 Å². The zero-order valence-electron chi connectivity index (χ0n) is 43.7. The summed E-state index contributed by atoms with van der Waals surface area (Å²) in [5, 5.41) is 4.40.